The van der Waals surface area contributed by atoms with Crippen LogP contribution in [0.1, 0.15) is 31.6 Å². The predicted octanol–water partition coefficient (Wildman–Crippen LogP) is 10.8. The maximum Gasteiger partial charge on any atom is 0.136 e. The standard InChI is InChI=1S/C38H26O/c1-2-13-25(14-3-1)26-15-4-5-16-27(26)36-28-17-6-8-19-30(28)37(31-20-9-7-18-29(31)36)33-22-12-24-35-38(33)32-21-10-11-23-34(32)39-35/h1-13,15-25H,14H2/i4D,5D,10D,11D,12D,15D,16D,21D,22D,23D. The van der Waals surface area contributed by atoms with Gasteiger partial charge in [0.25, 0.3) is 0 Å². The fourth-order valence-corrected chi connectivity index (χ4v) is 5.87. The van der Waals surface area contributed by atoms with Crippen molar-refractivity contribution >= 4 is 43.5 Å². The molecule has 8 rings (SSSR count). The number of allylic oxidation sites excluding steroid dienone is 4. The van der Waals surface area contributed by atoms with Crippen LogP contribution < -0.4 is 0 Å². The van der Waals surface area contributed by atoms with Crippen LogP contribution in [0.25, 0.3) is 65.7 Å². The van der Waals surface area contributed by atoms with Crippen molar-refractivity contribution in [1.82, 2.24) is 0 Å². The molecule has 1 aliphatic carbocycles. The summed E-state index contributed by atoms with van der Waals surface area (Å²) >= 11 is 0. The van der Waals surface area contributed by atoms with Crippen LogP contribution in [0.2, 0.25) is 0 Å². The van der Waals surface area contributed by atoms with E-state index in [9.17, 15) is 2.74 Å². The zero-order valence-electron chi connectivity index (χ0n) is 30.7. The molecule has 0 bridgehead atoms. The van der Waals surface area contributed by atoms with E-state index in [0.717, 1.165) is 0 Å². The lowest BCUT2D eigenvalue weighted by Gasteiger charge is -2.22. The van der Waals surface area contributed by atoms with E-state index >= 15 is 0 Å². The zero-order chi connectivity index (χ0) is 34.5. The minimum atomic E-state index is -0.443. The highest BCUT2D eigenvalue weighted by atomic mass is 16.3. The fourth-order valence-electron chi connectivity index (χ4n) is 5.87. The second kappa shape index (κ2) is 8.85. The fraction of sp³-hybridized carbons (Fsp3) is 0.0526. The van der Waals surface area contributed by atoms with Crippen molar-refractivity contribution in [2.45, 2.75) is 12.3 Å². The van der Waals surface area contributed by atoms with E-state index < -0.39 is 12.1 Å². The molecule has 184 valence electrons. The Hall–Kier alpha value is -4.88. The van der Waals surface area contributed by atoms with Gasteiger partial charge in [-0.25, -0.2) is 0 Å². The van der Waals surface area contributed by atoms with Crippen LogP contribution in [-0.2, 0) is 0 Å². The van der Waals surface area contributed by atoms with Gasteiger partial charge in [0, 0.05) is 16.7 Å². The molecule has 7 aromatic rings. The van der Waals surface area contributed by atoms with Crippen molar-refractivity contribution < 1.29 is 18.1 Å². The van der Waals surface area contributed by atoms with Gasteiger partial charge in [0.2, 0.25) is 0 Å². The van der Waals surface area contributed by atoms with Crippen LogP contribution in [0.15, 0.2) is 144 Å². The minimum Gasteiger partial charge on any atom is -0.456 e. The first-order chi connectivity index (χ1) is 23.5. The molecule has 1 atom stereocenters. The molecule has 1 aromatic heterocycles. The Morgan fingerprint density at radius 2 is 1.23 bits per heavy atom. The average molecular weight is 509 g/mol. The largest absolute Gasteiger partial charge is 0.456 e. The SMILES string of the molecule is [2H]c1cc2oc3c([2H])c([2H])c([2H])c([2H])c3c2c(-c2c3ccccc3c(-c3c([2H])c([2H])c([2H])c([2H])c3C3C=CC=CC3)c3ccccc23)c1[2H]. The molecule has 1 heterocycles. The van der Waals surface area contributed by atoms with Gasteiger partial charge < -0.3 is 4.42 Å². The van der Waals surface area contributed by atoms with Crippen molar-refractivity contribution in [1.29, 1.82) is 0 Å². The summed E-state index contributed by atoms with van der Waals surface area (Å²) in [5.74, 6) is -0.300. The topological polar surface area (TPSA) is 13.1 Å². The van der Waals surface area contributed by atoms with Crippen LogP contribution in [0.3, 0.4) is 0 Å². The Balaban J connectivity index is 1.60. The Morgan fingerprint density at radius 3 is 1.95 bits per heavy atom. The molecule has 0 saturated carbocycles. The van der Waals surface area contributed by atoms with Crippen LogP contribution in [0.4, 0.5) is 0 Å². The molecule has 0 saturated heterocycles. The monoisotopic (exact) mass is 508 g/mol. The Kier molecular flexibility index (Phi) is 3.25. The summed E-state index contributed by atoms with van der Waals surface area (Å²) in [6.45, 7) is 0. The highest BCUT2D eigenvalue weighted by molar-refractivity contribution is 6.25. The normalized spacial score (nSPS) is 18.7. The quantitative estimate of drug-likeness (QED) is 0.216. The summed E-state index contributed by atoms with van der Waals surface area (Å²) in [5.41, 5.74) is 2.43. The molecule has 1 unspecified atom stereocenters. The van der Waals surface area contributed by atoms with Crippen molar-refractivity contribution in [2.24, 2.45) is 0 Å². The van der Waals surface area contributed by atoms with E-state index in [0.29, 0.717) is 55.6 Å². The second-order valence-electron chi connectivity index (χ2n) is 9.62. The number of fused-ring (bicyclic) bond motifs is 5. The lowest BCUT2D eigenvalue weighted by Crippen LogP contribution is -2.00. The lowest BCUT2D eigenvalue weighted by atomic mass is 9.81. The number of hydrogen-bond donors (Lipinski definition) is 0. The van der Waals surface area contributed by atoms with Gasteiger partial charge >= 0.3 is 0 Å². The van der Waals surface area contributed by atoms with Gasteiger partial charge in [0.1, 0.15) is 11.2 Å². The maximum absolute atomic E-state index is 9.26. The Bertz CT molecular complexity index is 2590. The lowest BCUT2D eigenvalue weighted by molar-refractivity contribution is 0.669. The first-order valence-corrected chi connectivity index (χ1v) is 12.8. The number of benzene rings is 6. The molecule has 1 nitrogen and oxygen atoms in total. The summed E-state index contributed by atoms with van der Waals surface area (Å²) in [7, 11) is 0. The number of hydrogen-bond acceptors (Lipinski definition) is 1. The maximum atomic E-state index is 9.26. The van der Waals surface area contributed by atoms with E-state index in [1.165, 1.54) is 6.07 Å². The Labute approximate surface area is 241 Å². The molecule has 0 fully saturated rings. The van der Waals surface area contributed by atoms with Crippen molar-refractivity contribution in [3.63, 3.8) is 0 Å². The van der Waals surface area contributed by atoms with Crippen molar-refractivity contribution in [3.8, 4) is 22.3 Å². The molecule has 0 N–H and O–H groups in total. The number of para-hydroxylation sites is 1. The summed E-state index contributed by atoms with van der Waals surface area (Å²) in [6, 6.07) is 13.5. The second-order valence-corrected chi connectivity index (χ2v) is 9.62. The van der Waals surface area contributed by atoms with Crippen LogP contribution in [0.5, 0.6) is 0 Å². The van der Waals surface area contributed by atoms with Gasteiger partial charge in [-0.15, -0.1) is 0 Å². The van der Waals surface area contributed by atoms with Crippen molar-refractivity contribution in [3.05, 3.63) is 145 Å². The predicted molar refractivity (Wildman–Crippen MR) is 165 cm³/mol. The molecule has 0 spiro atoms. The number of rotatable bonds is 3. The van der Waals surface area contributed by atoms with Crippen LogP contribution in [-0.4, -0.2) is 0 Å². The van der Waals surface area contributed by atoms with Crippen LogP contribution >= 0.6 is 0 Å². The molecule has 0 amide bonds. The van der Waals surface area contributed by atoms with Gasteiger partial charge in [0.15, 0.2) is 0 Å². The van der Waals surface area contributed by atoms with Crippen LogP contribution in [0, 0.1) is 0 Å². The van der Waals surface area contributed by atoms with E-state index in [4.69, 9.17) is 15.4 Å². The summed E-state index contributed by atoms with van der Waals surface area (Å²) in [5, 5.41) is 3.03. The first kappa shape index (κ1) is 14.3. The Morgan fingerprint density at radius 1 is 0.590 bits per heavy atom. The molecular formula is C38H26O. The smallest absolute Gasteiger partial charge is 0.136 e. The van der Waals surface area contributed by atoms with Gasteiger partial charge in [-0.1, -0.05) is 127 Å². The van der Waals surface area contributed by atoms with E-state index in [1.54, 1.807) is 0 Å². The minimum absolute atomic E-state index is 0.0583. The summed E-state index contributed by atoms with van der Waals surface area (Å²) in [4.78, 5) is 0. The highest BCUT2D eigenvalue weighted by Gasteiger charge is 2.22. The third-order valence-electron chi connectivity index (χ3n) is 7.51. The van der Waals surface area contributed by atoms with Gasteiger partial charge in [-0.05, 0) is 67.9 Å². The molecule has 1 aliphatic rings. The molecule has 0 aliphatic heterocycles. The molecule has 6 aromatic carbocycles. The molecule has 39 heavy (non-hydrogen) atoms. The highest BCUT2D eigenvalue weighted by Crippen LogP contribution is 2.48. The van der Waals surface area contributed by atoms with Gasteiger partial charge in [-0.3, -0.25) is 0 Å². The van der Waals surface area contributed by atoms with Gasteiger partial charge in [-0.2, -0.15) is 0 Å². The van der Waals surface area contributed by atoms with Crippen molar-refractivity contribution in [2.75, 3.05) is 0 Å². The average Bonchev–Trinajstić information content (AvgIpc) is 3.50. The van der Waals surface area contributed by atoms with E-state index in [2.05, 4.69) is 0 Å². The molecule has 1 heteroatoms. The summed E-state index contributed by atoms with van der Waals surface area (Å²) < 4.78 is 93.7. The molecule has 0 radical (unpaired) electrons. The van der Waals surface area contributed by atoms with E-state index in [-0.39, 0.29) is 76.4 Å². The van der Waals surface area contributed by atoms with E-state index in [1.807, 2.05) is 72.8 Å². The summed E-state index contributed by atoms with van der Waals surface area (Å²) in [6.07, 6.45) is 8.30. The first-order valence-electron chi connectivity index (χ1n) is 17.8. The van der Waals surface area contributed by atoms with Gasteiger partial charge in [0.05, 0.1) is 13.7 Å². The third-order valence-corrected chi connectivity index (χ3v) is 7.51. The molecular weight excluding hydrogens is 472 g/mol. The number of furan rings is 1. The third kappa shape index (κ3) is 3.40. The zero-order valence-corrected chi connectivity index (χ0v) is 20.7.